The minimum absolute atomic E-state index is 0.126. The zero-order valence-corrected chi connectivity index (χ0v) is 11.0. The molecule has 0 aromatic heterocycles. The van der Waals surface area contributed by atoms with E-state index in [1.54, 1.807) is 0 Å². The van der Waals surface area contributed by atoms with Gasteiger partial charge in [-0.05, 0) is 49.4 Å². The van der Waals surface area contributed by atoms with Crippen molar-refractivity contribution in [1.82, 2.24) is 0 Å². The second kappa shape index (κ2) is 6.50. The standard InChI is InChI=1S/C14H18ClFO2/c15-14-5-4-11(16)7-10(14)8-12(17)9-13-3-1-2-6-18-13/h4-5,7,12-13,17H,1-3,6,8-9H2. The summed E-state index contributed by atoms with van der Waals surface area (Å²) in [6.45, 7) is 0.776. The molecule has 1 saturated heterocycles. The van der Waals surface area contributed by atoms with E-state index < -0.39 is 6.10 Å². The number of rotatable bonds is 4. The van der Waals surface area contributed by atoms with Crippen LogP contribution in [0.4, 0.5) is 4.39 Å². The Hall–Kier alpha value is -0.640. The lowest BCUT2D eigenvalue weighted by atomic mass is 9.99. The van der Waals surface area contributed by atoms with Gasteiger partial charge in [-0.1, -0.05) is 11.6 Å². The lowest BCUT2D eigenvalue weighted by Gasteiger charge is -2.24. The number of hydrogen-bond acceptors (Lipinski definition) is 2. The summed E-state index contributed by atoms with van der Waals surface area (Å²) in [6, 6.07) is 4.23. The number of ether oxygens (including phenoxy) is 1. The van der Waals surface area contributed by atoms with Crippen LogP contribution in [0.25, 0.3) is 0 Å². The Balaban J connectivity index is 1.89. The van der Waals surface area contributed by atoms with Crippen LogP contribution >= 0.6 is 11.6 Å². The number of hydrogen-bond donors (Lipinski definition) is 1. The number of halogens is 2. The Labute approximate surface area is 112 Å². The Morgan fingerprint density at radius 3 is 3.00 bits per heavy atom. The molecule has 1 aromatic rings. The van der Waals surface area contributed by atoms with Crippen LogP contribution in [0.3, 0.4) is 0 Å². The first-order chi connectivity index (χ1) is 8.65. The van der Waals surface area contributed by atoms with Crippen molar-refractivity contribution < 1.29 is 14.2 Å². The Bertz CT molecular complexity index is 391. The van der Waals surface area contributed by atoms with Crippen LogP contribution in [0.2, 0.25) is 5.02 Å². The van der Waals surface area contributed by atoms with E-state index in [4.69, 9.17) is 16.3 Å². The highest BCUT2D eigenvalue weighted by molar-refractivity contribution is 6.31. The third kappa shape index (κ3) is 3.94. The lowest BCUT2D eigenvalue weighted by Crippen LogP contribution is -2.25. The van der Waals surface area contributed by atoms with Gasteiger partial charge >= 0.3 is 0 Å². The highest BCUT2D eigenvalue weighted by Crippen LogP contribution is 2.22. The largest absolute Gasteiger partial charge is 0.393 e. The first-order valence-corrected chi connectivity index (χ1v) is 6.76. The van der Waals surface area contributed by atoms with Crippen LogP contribution in [-0.4, -0.2) is 23.9 Å². The molecule has 1 aliphatic heterocycles. The Kier molecular flexibility index (Phi) is 4.98. The van der Waals surface area contributed by atoms with E-state index in [1.807, 2.05) is 0 Å². The van der Waals surface area contributed by atoms with Gasteiger partial charge in [0.1, 0.15) is 5.82 Å². The van der Waals surface area contributed by atoms with Crippen LogP contribution in [0.1, 0.15) is 31.2 Å². The van der Waals surface area contributed by atoms with Crippen molar-refractivity contribution in [3.8, 4) is 0 Å². The predicted molar refractivity (Wildman–Crippen MR) is 69.3 cm³/mol. The highest BCUT2D eigenvalue weighted by Gasteiger charge is 2.19. The van der Waals surface area contributed by atoms with Gasteiger partial charge in [0.25, 0.3) is 0 Å². The predicted octanol–water partition coefficient (Wildman–Crippen LogP) is 3.34. The second-order valence-corrected chi connectivity index (χ2v) is 5.23. The smallest absolute Gasteiger partial charge is 0.123 e. The number of aliphatic hydroxyl groups excluding tert-OH is 1. The highest BCUT2D eigenvalue weighted by atomic mass is 35.5. The molecule has 1 heterocycles. The number of benzene rings is 1. The maximum absolute atomic E-state index is 13.1. The van der Waals surface area contributed by atoms with Crippen LogP contribution in [0, 0.1) is 5.82 Å². The zero-order valence-electron chi connectivity index (χ0n) is 10.2. The van der Waals surface area contributed by atoms with Crippen molar-refractivity contribution >= 4 is 11.6 Å². The molecule has 1 aliphatic rings. The molecule has 0 bridgehead atoms. The molecule has 18 heavy (non-hydrogen) atoms. The van der Waals surface area contributed by atoms with Crippen LogP contribution < -0.4 is 0 Å². The van der Waals surface area contributed by atoms with Gasteiger partial charge in [-0.25, -0.2) is 4.39 Å². The molecule has 0 amide bonds. The monoisotopic (exact) mass is 272 g/mol. The fourth-order valence-corrected chi connectivity index (χ4v) is 2.53. The van der Waals surface area contributed by atoms with Gasteiger partial charge in [-0.15, -0.1) is 0 Å². The summed E-state index contributed by atoms with van der Waals surface area (Å²) in [6.07, 6.45) is 3.80. The lowest BCUT2D eigenvalue weighted by molar-refractivity contribution is -0.0147. The molecule has 2 unspecified atom stereocenters. The van der Waals surface area contributed by atoms with E-state index in [2.05, 4.69) is 0 Å². The molecule has 0 aliphatic carbocycles. The van der Waals surface area contributed by atoms with E-state index in [0.29, 0.717) is 23.4 Å². The quantitative estimate of drug-likeness (QED) is 0.911. The third-order valence-electron chi connectivity index (χ3n) is 3.27. The molecule has 2 atom stereocenters. The maximum atomic E-state index is 13.1. The van der Waals surface area contributed by atoms with Crippen molar-refractivity contribution in [1.29, 1.82) is 0 Å². The van der Waals surface area contributed by atoms with Crippen LogP contribution in [0.15, 0.2) is 18.2 Å². The van der Waals surface area contributed by atoms with Crippen molar-refractivity contribution in [2.75, 3.05) is 6.61 Å². The first kappa shape index (κ1) is 13.8. The molecule has 1 fully saturated rings. The third-order valence-corrected chi connectivity index (χ3v) is 3.64. The summed E-state index contributed by atoms with van der Waals surface area (Å²) in [5.41, 5.74) is 0.653. The van der Waals surface area contributed by atoms with E-state index in [0.717, 1.165) is 25.9 Å². The minimum Gasteiger partial charge on any atom is -0.393 e. The molecule has 100 valence electrons. The van der Waals surface area contributed by atoms with Gasteiger partial charge in [-0.2, -0.15) is 0 Å². The molecular weight excluding hydrogens is 255 g/mol. The van der Waals surface area contributed by atoms with E-state index in [1.165, 1.54) is 18.2 Å². The van der Waals surface area contributed by atoms with Crippen LogP contribution in [0.5, 0.6) is 0 Å². The maximum Gasteiger partial charge on any atom is 0.123 e. The number of aliphatic hydroxyl groups is 1. The van der Waals surface area contributed by atoms with Crippen molar-refractivity contribution in [2.45, 2.75) is 44.3 Å². The molecule has 0 spiro atoms. The summed E-state index contributed by atoms with van der Waals surface area (Å²) < 4.78 is 18.7. The molecule has 0 radical (unpaired) electrons. The summed E-state index contributed by atoms with van der Waals surface area (Å²) in [4.78, 5) is 0. The first-order valence-electron chi connectivity index (χ1n) is 6.39. The summed E-state index contributed by atoms with van der Waals surface area (Å²) in [5, 5.41) is 10.5. The van der Waals surface area contributed by atoms with Crippen LogP contribution in [-0.2, 0) is 11.2 Å². The topological polar surface area (TPSA) is 29.5 Å². The van der Waals surface area contributed by atoms with Crippen molar-refractivity contribution in [2.24, 2.45) is 0 Å². The normalized spacial score (nSPS) is 21.8. The average Bonchev–Trinajstić information content (AvgIpc) is 2.35. The van der Waals surface area contributed by atoms with E-state index in [9.17, 15) is 9.50 Å². The van der Waals surface area contributed by atoms with Gasteiger partial charge in [0.05, 0.1) is 12.2 Å². The molecule has 0 saturated carbocycles. The van der Waals surface area contributed by atoms with Gasteiger partial charge in [0.15, 0.2) is 0 Å². The van der Waals surface area contributed by atoms with E-state index >= 15 is 0 Å². The Morgan fingerprint density at radius 2 is 2.28 bits per heavy atom. The van der Waals surface area contributed by atoms with Gasteiger partial charge in [0, 0.05) is 18.1 Å². The minimum atomic E-state index is -0.535. The second-order valence-electron chi connectivity index (χ2n) is 4.82. The van der Waals surface area contributed by atoms with Gasteiger partial charge in [-0.3, -0.25) is 0 Å². The van der Waals surface area contributed by atoms with Gasteiger partial charge in [0.2, 0.25) is 0 Å². The van der Waals surface area contributed by atoms with E-state index in [-0.39, 0.29) is 11.9 Å². The molecule has 4 heteroatoms. The van der Waals surface area contributed by atoms with Gasteiger partial charge < -0.3 is 9.84 Å². The molecule has 2 rings (SSSR count). The fraction of sp³-hybridized carbons (Fsp3) is 0.571. The van der Waals surface area contributed by atoms with Crippen molar-refractivity contribution in [3.63, 3.8) is 0 Å². The summed E-state index contributed by atoms with van der Waals surface area (Å²) in [5.74, 6) is -0.324. The SMILES string of the molecule is OC(Cc1cc(F)ccc1Cl)CC1CCCCO1. The average molecular weight is 273 g/mol. The Morgan fingerprint density at radius 1 is 1.44 bits per heavy atom. The fourth-order valence-electron chi connectivity index (χ4n) is 2.33. The van der Waals surface area contributed by atoms with Crippen molar-refractivity contribution in [3.05, 3.63) is 34.6 Å². The zero-order chi connectivity index (χ0) is 13.0. The summed E-state index contributed by atoms with van der Waals surface area (Å²) in [7, 11) is 0. The molecule has 1 N–H and O–H groups in total. The molecule has 1 aromatic carbocycles. The molecule has 2 nitrogen and oxygen atoms in total. The molecular formula is C14H18ClFO2. The summed E-state index contributed by atoms with van der Waals surface area (Å²) >= 11 is 5.97.